The lowest BCUT2D eigenvalue weighted by atomic mass is 10.1. The minimum Gasteiger partial charge on any atom is -0.341 e. The van der Waals surface area contributed by atoms with E-state index < -0.39 is 0 Å². The van der Waals surface area contributed by atoms with Crippen LogP contribution in [0.15, 0.2) is 53.4 Å². The van der Waals surface area contributed by atoms with Crippen molar-refractivity contribution in [3.05, 3.63) is 65.5 Å². The van der Waals surface area contributed by atoms with Crippen molar-refractivity contribution >= 4 is 17.7 Å². The lowest BCUT2D eigenvalue weighted by Crippen LogP contribution is -2.26. The number of thioether (sulfide) groups is 1. The van der Waals surface area contributed by atoms with Crippen LogP contribution in [0.4, 0.5) is 4.39 Å². The van der Waals surface area contributed by atoms with Gasteiger partial charge in [0.25, 0.3) is 0 Å². The van der Waals surface area contributed by atoms with Crippen LogP contribution in [0.25, 0.3) is 0 Å². The number of hydrogen-bond acceptors (Lipinski definition) is 3. The average Bonchev–Trinajstić information content (AvgIpc) is 2.57. The second-order valence-electron chi connectivity index (χ2n) is 5.09. The van der Waals surface area contributed by atoms with E-state index in [4.69, 9.17) is 5.26 Å². The number of benzene rings is 2. The van der Waals surface area contributed by atoms with Gasteiger partial charge in [-0.05, 0) is 29.8 Å². The number of halogens is 1. The van der Waals surface area contributed by atoms with Gasteiger partial charge in [-0.1, -0.05) is 24.3 Å². The average molecular weight is 328 g/mol. The summed E-state index contributed by atoms with van der Waals surface area (Å²) in [5.74, 6) is 0.298. The fraction of sp³-hybridized carbons (Fsp3) is 0.222. The number of carbonyl (C=O) groups excluding carboxylic acids is 1. The predicted octanol–water partition coefficient (Wildman–Crippen LogP) is 3.84. The molecule has 0 radical (unpaired) electrons. The zero-order valence-electron chi connectivity index (χ0n) is 12.8. The Morgan fingerprint density at radius 2 is 1.91 bits per heavy atom. The molecular weight excluding hydrogens is 311 g/mol. The molecule has 0 unspecified atom stereocenters. The number of amides is 1. The third kappa shape index (κ3) is 5.11. The summed E-state index contributed by atoms with van der Waals surface area (Å²) in [4.78, 5) is 14.3. The lowest BCUT2D eigenvalue weighted by Gasteiger charge is -2.17. The van der Waals surface area contributed by atoms with Crippen LogP contribution >= 0.6 is 11.8 Å². The maximum absolute atomic E-state index is 13.5. The van der Waals surface area contributed by atoms with Gasteiger partial charge in [-0.25, -0.2) is 4.39 Å². The monoisotopic (exact) mass is 328 g/mol. The summed E-state index contributed by atoms with van der Waals surface area (Å²) in [6, 6.07) is 15.8. The molecule has 0 aliphatic heterocycles. The molecule has 2 aromatic rings. The van der Waals surface area contributed by atoms with Gasteiger partial charge in [-0.3, -0.25) is 4.79 Å². The SMILES string of the molecule is CN(Cc1ccc(C#N)cc1)C(=O)CCSc1ccccc1F. The molecule has 0 aliphatic carbocycles. The van der Waals surface area contributed by atoms with Crippen molar-refractivity contribution in [2.45, 2.75) is 17.9 Å². The Kier molecular flexibility index (Phi) is 6.19. The van der Waals surface area contributed by atoms with Crippen LogP contribution in [0.3, 0.4) is 0 Å². The molecule has 0 N–H and O–H groups in total. The number of rotatable bonds is 6. The van der Waals surface area contributed by atoms with Crippen LogP contribution in [0.5, 0.6) is 0 Å². The minimum atomic E-state index is -0.254. The minimum absolute atomic E-state index is 0.0122. The molecule has 0 atom stereocenters. The molecule has 0 aromatic heterocycles. The van der Waals surface area contributed by atoms with E-state index in [1.54, 1.807) is 42.3 Å². The quantitative estimate of drug-likeness (QED) is 0.757. The van der Waals surface area contributed by atoms with Crippen molar-refractivity contribution in [2.75, 3.05) is 12.8 Å². The van der Waals surface area contributed by atoms with Gasteiger partial charge < -0.3 is 4.90 Å². The Balaban J connectivity index is 1.80. The molecule has 3 nitrogen and oxygen atoms in total. The third-order valence-corrected chi connectivity index (χ3v) is 4.39. The highest BCUT2D eigenvalue weighted by Gasteiger charge is 2.10. The summed E-state index contributed by atoms with van der Waals surface area (Å²) in [5.41, 5.74) is 1.57. The normalized spacial score (nSPS) is 10.1. The van der Waals surface area contributed by atoms with Crippen molar-refractivity contribution in [3.63, 3.8) is 0 Å². The van der Waals surface area contributed by atoms with Crippen LogP contribution in [0.1, 0.15) is 17.5 Å². The Morgan fingerprint density at radius 1 is 1.22 bits per heavy atom. The lowest BCUT2D eigenvalue weighted by molar-refractivity contribution is -0.129. The first-order valence-electron chi connectivity index (χ1n) is 7.20. The molecule has 0 aliphatic rings. The van der Waals surface area contributed by atoms with Crippen LogP contribution in [-0.4, -0.2) is 23.6 Å². The fourth-order valence-electron chi connectivity index (χ4n) is 2.05. The maximum atomic E-state index is 13.5. The largest absolute Gasteiger partial charge is 0.341 e. The summed E-state index contributed by atoms with van der Waals surface area (Å²) in [6.07, 6.45) is 0.353. The molecule has 23 heavy (non-hydrogen) atoms. The molecule has 2 aromatic carbocycles. The second-order valence-corrected chi connectivity index (χ2v) is 6.22. The standard InChI is InChI=1S/C18H17FN2OS/c1-21(13-15-8-6-14(12-20)7-9-15)18(22)10-11-23-17-5-3-2-4-16(17)19/h2-9H,10-11,13H2,1H3. The van der Waals surface area contributed by atoms with Crippen molar-refractivity contribution < 1.29 is 9.18 Å². The fourth-order valence-corrected chi connectivity index (χ4v) is 2.92. The van der Waals surface area contributed by atoms with Crippen LogP contribution in [0, 0.1) is 17.1 Å². The Labute approximate surface area is 139 Å². The van der Waals surface area contributed by atoms with E-state index in [9.17, 15) is 9.18 Å². The molecule has 0 saturated heterocycles. The summed E-state index contributed by atoms with van der Waals surface area (Å²) in [6.45, 7) is 0.495. The summed E-state index contributed by atoms with van der Waals surface area (Å²) in [5, 5.41) is 8.77. The summed E-state index contributed by atoms with van der Waals surface area (Å²) < 4.78 is 13.5. The van der Waals surface area contributed by atoms with E-state index in [0.29, 0.717) is 29.2 Å². The molecular formula is C18H17FN2OS. The van der Waals surface area contributed by atoms with E-state index in [2.05, 4.69) is 6.07 Å². The summed E-state index contributed by atoms with van der Waals surface area (Å²) in [7, 11) is 1.74. The van der Waals surface area contributed by atoms with E-state index in [1.165, 1.54) is 17.8 Å². The van der Waals surface area contributed by atoms with E-state index in [0.717, 1.165) is 5.56 Å². The highest BCUT2D eigenvalue weighted by atomic mass is 32.2. The van der Waals surface area contributed by atoms with Gasteiger partial charge in [-0.15, -0.1) is 11.8 Å². The topological polar surface area (TPSA) is 44.1 Å². The smallest absolute Gasteiger partial charge is 0.223 e. The molecule has 118 valence electrons. The number of nitriles is 1. The van der Waals surface area contributed by atoms with Crippen LogP contribution in [0.2, 0.25) is 0 Å². The van der Waals surface area contributed by atoms with Gasteiger partial charge in [0, 0.05) is 30.7 Å². The van der Waals surface area contributed by atoms with Gasteiger partial charge in [0.2, 0.25) is 5.91 Å². The van der Waals surface area contributed by atoms with Gasteiger partial charge in [-0.2, -0.15) is 5.26 Å². The van der Waals surface area contributed by atoms with Crippen LogP contribution in [-0.2, 0) is 11.3 Å². The molecule has 0 bridgehead atoms. The molecule has 1 amide bonds. The van der Waals surface area contributed by atoms with Crippen molar-refractivity contribution in [3.8, 4) is 6.07 Å². The van der Waals surface area contributed by atoms with E-state index in [1.807, 2.05) is 12.1 Å². The molecule has 0 heterocycles. The zero-order valence-corrected chi connectivity index (χ0v) is 13.6. The number of carbonyl (C=O) groups is 1. The van der Waals surface area contributed by atoms with Crippen LogP contribution < -0.4 is 0 Å². The molecule has 0 spiro atoms. The van der Waals surface area contributed by atoms with Crippen molar-refractivity contribution in [1.29, 1.82) is 5.26 Å². The highest BCUT2D eigenvalue weighted by Crippen LogP contribution is 2.22. The van der Waals surface area contributed by atoms with Crippen molar-refractivity contribution in [1.82, 2.24) is 4.90 Å². The van der Waals surface area contributed by atoms with Gasteiger partial charge >= 0.3 is 0 Å². The molecule has 2 rings (SSSR count). The van der Waals surface area contributed by atoms with Gasteiger partial charge in [0.05, 0.1) is 11.6 Å². The number of nitrogens with zero attached hydrogens (tertiary/aromatic N) is 2. The molecule has 5 heteroatoms. The first-order valence-corrected chi connectivity index (χ1v) is 8.19. The number of hydrogen-bond donors (Lipinski definition) is 0. The Morgan fingerprint density at radius 3 is 2.57 bits per heavy atom. The maximum Gasteiger partial charge on any atom is 0.223 e. The first kappa shape index (κ1) is 17.0. The van der Waals surface area contributed by atoms with E-state index >= 15 is 0 Å². The van der Waals surface area contributed by atoms with Gasteiger partial charge in [0.1, 0.15) is 5.82 Å². The molecule has 0 fully saturated rings. The summed E-state index contributed by atoms with van der Waals surface area (Å²) >= 11 is 1.35. The zero-order chi connectivity index (χ0) is 16.7. The highest BCUT2D eigenvalue weighted by molar-refractivity contribution is 7.99. The second kappa shape index (κ2) is 8.35. The van der Waals surface area contributed by atoms with Crippen molar-refractivity contribution in [2.24, 2.45) is 0 Å². The Hall–Kier alpha value is -2.32. The third-order valence-electron chi connectivity index (χ3n) is 3.34. The first-order chi connectivity index (χ1) is 11.1. The Bertz CT molecular complexity index is 710. The predicted molar refractivity (Wildman–Crippen MR) is 89.4 cm³/mol. The van der Waals surface area contributed by atoms with Gasteiger partial charge in [0.15, 0.2) is 0 Å². The van der Waals surface area contributed by atoms with E-state index in [-0.39, 0.29) is 11.7 Å². The molecule has 0 saturated carbocycles.